The summed E-state index contributed by atoms with van der Waals surface area (Å²) in [4.78, 5) is 17.5. The second kappa shape index (κ2) is 8.28. The Morgan fingerprint density at radius 1 is 1.00 bits per heavy atom. The Labute approximate surface area is 193 Å². The van der Waals surface area contributed by atoms with Crippen molar-refractivity contribution in [3.63, 3.8) is 0 Å². The van der Waals surface area contributed by atoms with Gasteiger partial charge in [0.25, 0.3) is 0 Å². The van der Waals surface area contributed by atoms with Crippen molar-refractivity contribution in [2.75, 3.05) is 0 Å². The Balaban J connectivity index is 1.83. The van der Waals surface area contributed by atoms with Crippen LogP contribution < -0.4 is 0 Å². The number of imidazole rings is 1. The van der Waals surface area contributed by atoms with Crippen molar-refractivity contribution >= 4 is 17.1 Å². The number of Topliss-reactive ketones (excluding diaryl/α,β-unsaturated/α-hetero) is 1. The average Bonchev–Trinajstić information content (AvgIpc) is 3.41. The predicted molar refractivity (Wildman–Crippen MR) is 123 cm³/mol. The van der Waals surface area contributed by atoms with Gasteiger partial charge in [-0.05, 0) is 56.7 Å². The van der Waals surface area contributed by atoms with E-state index in [2.05, 4.69) is 4.98 Å². The van der Waals surface area contributed by atoms with E-state index in [9.17, 15) is 23.1 Å². The number of thiophene rings is 1. The molecule has 4 rings (SSSR count). The summed E-state index contributed by atoms with van der Waals surface area (Å²) in [5.74, 6) is 0.0798. The lowest BCUT2D eigenvalue weighted by molar-refractivity contribution is -0.137. The predicted octanol–water partition coefficient (Wildman–Crippen LogP) is 6.72. The number of hydrogen-bond acceptors (Lipinski definition) is 4. The van der Waals surface area contributed by atoms with Gasteiger partial charge in [0, 0.05) is 22.3 Å². The van der Waals surface area contributed by atoms with E-state index in [0.29, 0.717) is 10.6 Å². The molecule has 0 bridgehead atoms. The molecule has 2 aromatic heterocycles. The second-order valence-corrected chi connectivity index (χ2v) is 9.27. The molecule has 0 aliphatic heterocycles. The minimum atomic E-state index is -4.56. The van der Waals surface area contributed by atoms with Crippen molar-refractivity contribution in [1.29, 1.82) is 0 Å². The number of carbonyl (C=O) groups excluding carboxylic acids is 1. The lowest BCUT2D eigenvalue weighted by Crippen LogP contribution is -2.15. The first kappa shape index (κ1) is 22.9. The maximum atomic E-state index is 13.7. The number of rotatable bonds is 5. The number of nitrogens with zero attached hydrogens (tertiary/aromatic N) is 2. The van der Waals surface area contributed by atoms with Crippen LogP contribution in [0.15, 0.2) is 66.9 Å². The highest BCUT2D eigenvalue weighted by Gasteiger charge is 2.35. The van der Waals surface area contributed by atoms with Crippen LogP contribution in [0.2, 0.25) is 0 Å². The fourth-order valence-corrected chi connectivity index (χ4v) is 4.36. The number of carbonyl (C=O) groups is 1. The minimum absolute atomic E-state index is 0.00611. The first-order valence-electron chi connectivity index (χ1n) is 10.2. The summed E-state index contributed by atoms with van der Waals surface area (Å²) in [6.07, 6.45) is -3.00. The van der Waals surface area contributed by atoms with Gasteiger partial charge >= 0.3 is 6.18 Å². The van der Waals surface area contributed by atoms with Gasteiger partial charge < -0.3 is 5.11 Å². The topological polar surface area (TPSA) is 55.1 Å². The molecule has 0 radical (unpaired) electrons. The van der Waals surface area contributed by atoms with Crippen LogP contribution in [0.25, 0.3) is 27.5 Å². The first-order valence-corrected chi connectivity index (χ1v) is 11.0. The molecule has 2 heterocycles. The highest BCUT2D eigenvalue weighted by Crippen LogP contribution is 2.38. The quantitative estimate of drug-likeness (QED) is 0.330. The number of ketones is 1. The molecule has 0 saturated carbocycles. The second-order valence-electron chi connectivity index (χ2n) is 8.19. The molecule has 0 fully saturated rings. The van der Waals surface area contributed by atoms with Gasteiger partial charge in [0.05, 0.1) is 16.1 Å². The number of benzene rings is 2. The van der Waals surface area contributed by atoms with Crippen LogP contribution in [-0.2, 0) is 11.8 Å². The lowest BCUT2D eigenvalue weighted by Gasteiger charge is -2.14. The van der Waals surface area contributed by atoms with Crippen LogP contribution in [0, 0.1) is 0 Å². The summed E-state index contributed by atoms with van der Waals surface area (Å²) in [7, 11) is 0. The summed E-state index contributed by atoms with van der Waals surface area (Å²) < 4.78 is 42.6. The summed E-state index contributed by atoms with van der Waals surface area (Å²) in [5.41, 5.74) is -0.482. The fraction of sp³-hybridized carbons (Fsp3) is 0.200. The summed E-state index contributed by atoms with van der Waals surface area (Å²) in [5, 5.41) is 10.5. The van der Waals surface area contributed by atoms with E-state index in [4.69, 9.17) is 0 Å². The molecule has 0 amide bonds. The largest absolute Gasteiger partial charge is 0.417 e. The van der Waals surface area contributed by atoms with Crippen molar-refractivity contribution in [1.82, 2.24) is 9.55 Å². The number of halogens is 3. The summed E-state index contributed by atoms with van der Waals surface area (Å²) in [6.45, 7) is 4.58. The van der Waals surface area contributed by atoms with E-state index in [-0.39, 0.29) is 22.9 Å². The molecule has 0 spiro atoms. The first-order chi connectivity index (χ1) is 15.4. The molecular weight excluding hydrogens is 449 g/mol. The van der Waals surface area contributed by atoms with E-state index in [1.165, 1.54) is 50.3 Å². The Hall–Kier alpha value is -3.23. The van der Waals surface area contributed by atoms with Crippen molar-refractivity contribution in [3.8, 4) is 27.5 Å². The molecule has 8 heteroatoms. The molecule has 0 unspecified atom stereocenters. The van der Waals surface area contributed by atoms with Crippen molar-refractivity contribution in [3.05, 3.63) is 83.0 Å². The van der Waals surface area contributed by atoms with Gasteiger partial charge in [0.2, 0.25) is 0 Å². The monoisotopic (exact) mass is 470 g/mol. The smallest absolute Gasteiger partial charge is 0.384 e. The van der Waals surface area contributed by atoms with Crippen molar-refractivity contribution in [2.24, 2.45) is 0 Å². The molecule has 0 aliphatic rings. The molecule has 0 saturated heterocycles. The SMILES string of the molecule is CC(=O)c1ccc(-c2ccc(-n3cc(C(C)(C)O)nc3-c3ccccc3C(F)(F)F)cc2)s1. The Kier molecular flexibility index (Phi) is 5.76. The van der Waals surface area contributed by atoms with Crippen LogP contribution in [0.1, 0.15) is 41.7 Å². The van der Waals surface area contributed by atoms with E-state index in [1.807, 2.05) is 18.2 Å². The van der Waals surface area contributed by atoms with Crippen LogP contribution in [0.4, 0.5) is 13.2 Å². The van der Waals surface area contributed by atoms with Crippen LogP contribution in [0.3, 0.4) is 0 Å². The molecule has 0 aliphatic carbocycles. The zero-order chi connectivity index (χ0) is 24.0. The van der Waals surface area contributed by atoms with E-state index in [0.717, 1.165) is 16.5 Å². The van der Waals surface area contributed by atoms with E-state index in [1.54, 1.807) is 29.0 Å². The number of hydrogen-bond donors (Lipinski definition) is 1. The van der Waals surface area contributed by atoms with Gasteiger partial charge in [0.1, 0.15) is 11.4 Å². The number of aromatic nitrogens is 2. The Bertz CT molecular complexity index is 1310. The van der Waals surface area contributed by atoms with Crippen molar-refractivity contribution in [2.45, 2.75) is 32.5 Å². The molecule has 33 heavy (non-hydrogen) atoms. The highest BCUT2D eigenvalue weighted by molar-refractivity contribution is 7.17. The Morgan fingerprint density at radius 2 is 1.67 bits per heavy atom. The molecule has 170 valence electrons. The van der Waals surface area contributed by atoms with E-state index < -0.39 is 17.3 Å². The van der Waals surface area contributed by atoms with Crippen molar-refractivity contribution < 1.29 is 23.1 Å². The summed E-state index contributed by atoms with van der Waals surface area (Å²) >= 11 is 1.38. The van der Waals surface area contributed by atoms with Gasteiger partial charge in [-0.1, -0.05) is 30.3 Å². The number of aliphatic hydroxyl groups is 1. The van der Waals surface area contributed by atoms with E-state index >= 15 is 0 Å². The zero-order valence-corrected chi connectivity index (χ0v) is 19.0. The summed E-state index contributed by atoms with van der Waals surface area (Å²) in [6, 6.07) is 16.1. The Morgan fingerprint density at radius 3 is 2.24 bits per heavy atom. The number of alkyl halides is 3. The van der Waals surface area contributed by atoms with Gasteiger partial charge in [-0.2, -0.15) is 13.2 Å². The van der Waals surface area contributed by atoms with Gasteiger partial charge in [0.15, 0.2) is 5.78 Å². The normalized spacial score (nSPS) is 12.2. The third-order valence-corrected chi connectivity index (χ3v) is 6.42. The molecule has 0 atom stereocenters. The highest BCUT2D eigenvalue weighted by atomic mass is 32.1. The zero-order valence-electron chi connectivity index (χ0n) is 18.1. The molecule has 1 N–H and O–H groups in total. The van der Waals surface area contributed by atoms with Gasteiger partial charge in [-0.25, -0.2) is 4.98 Å². The third kappa shape index (κ3) is 4.62. The molecule has 4 nitrogen and oxygen atoms in total. The maximum Gasteiger partial charge on any atom is 0.417 e. The average molecular weight is 471 g/mol. The lowest BCUT2D eigenvalue weighted by atomic mass is 10.1. The maximum absolute atomic E-state index is 13.7. The van der Waals surface area contributed by atoms with Crippen LogP contribution in [-0.4, -0.2) is 20.4 Å². The van der Waals surface area contributed by atoms with Crippen LogP contribution in [0.5, 0.6) is 0 Å². The van der Waals surface area contributed by atoms with Gasteiger partial charge in [-0.15, -0.1) is 11.3 Å². The molecular formula is C25H21F3N2O2S. The third-order valence-electron chi connectivity index (χ3n) is 5.19. The standard InChI is InChI=1S/C25H21F3N2O2S/c1-15(31)20-12-13-21(33-20)16-8-10-17(11-9-16)30-14-22(24(2,3)32)29-23(30)18-6-4-5-7-19(18)25(26,27)28/h4-14,32H,1-3H3. The molecule has 4 aromatic rings. The minimum Gasteiger partial charge on any atom is -0.384 e. The molecule has 2 aromatic carbocycles. The van der Waals surface area contributed by atoms with Gasteiger partial charge in [-0.3, -0.25) is 9.36 Å². The fourth-order valence-electron chi connectivity index (χ4n) is 3.46. The van der Waals surface area contributed by atoms with Crippen LogP contribution >= 0.6 is 11.3 Å².